The van der Waals surface area contributed by atoms with Gasteiger partial charge in [-0.2, -0.15) is 0 Å². The number of hydrogen-bond acceptors (Lipinski definition) is 0. The second-order valence-electron chi connectivity index (χ2n) is 0. The van der Waals surface area contributed by atoms with Gasteiger partial charge in [-0.15, -0.1) is 12.4 Å². The van der Waals surface area contributed by atoms with E-state index in [1.165, 1.54) is 0 Å². The van der Waals surface area contributed by atoms with Gasteiger partial charge in [0.2, 0.25) is 0 Å². The van der Waals surface area contributed by atoms with Crippen LogP contribution in [-0.2, 0) is 21.1 Å². The molecule has 10 N–H and O–H groups in total. The minimum absolute atomic E-state index is 0. The van der Waals surface area contributed by atoms with Crippen molar-refractivity contribution in [1.82, 2.24) is 0 Å². The summed E-state index contributed by atoms with van der Waals surface area (Å²) in [7, 11) is 0. The van der Waals surface area contributed by atoms with Gasteiger partial charge < -0.3 is 27.4 Å². The third-order valence-electron chi connectivity index (χ3n) is 0. The standard InChI is InChI=1S/ClH.5H2O.Pt/h1H;5*1H2;. The van der Waals surface area contributed by atoms with Crippen molar-refractivity contribution >= 4 is 12.4 Å². The third-order valence-corrected chi connectivity index (χ3v) is 0. The fraction of sp³-hybridized carbons (Fsp3) is 0. The molecule has 0 aliphatic rings. The maximum absolute atomic E-state index is 0. The van der Waals surface area contributed by atoms with E-state index in [1.807, 2.05) is 0 Å². The quantitative estimate of drug-likeness (QED) is 0.430. The van der Waals surface area contributed by atoms with Crippen molar-refractivity contribution in [2.24, 2.45) is 0 Å². The van der Waals surface area contributed by atoms with Crippen molar-refractivity contribution in [3.63, 3.8) is 0 Å². The van der Waals surface area contributed by atoms with Crippen LogP contribution in [0.1, 0.15) is 0 Å². The van der Waals surface area contributed by atoms with Crippen molar-refractivity contribution < 1.29 is 48.4 Å². The summed E-state index contributed by atoms with van der Waals surface area (Å²) in [4.78, 5) is 0. The zero-order valence-corrected chi connectivity index (χ0v) is 6.31. The van der Waals surface area contributed by atoms with Gasteiger partial charge in [0, 0.05) is 21.1 Å². The fourth-order valence-electron chi connectivity index (χ4n) is 0. The molecule has 0 aromatic carbocycles. The van der Waals surface area contributed by atoms with Gasteiger partial charge in [-0.3, -0.25) is 0 Å². The smallest absolute Gasteiger partial charge is 0 e. The van der Waals surface area contributed by atoms with Crippen molar-refractivity contribution in [2.75, 3.05) is 0 Å². The van der Waals surface area contributed by atoms with Crippen molar-refractivity contribution in [1.29, 1.82) is 0 Å². The first-order valence-corrected chi connectivity index (χ1v) is 0. The molecule has 0 saturated heterocycles. The van der Waals surface area contributed by atoms with E-state index in [0.29, 0.717) is 0 Å². The van der Waals surface area contributed by atoms with E-state index < -0.39 is 0 Å². The van der Waals surface area contributed by atoms with E-state index in [0.717, 1.165) is 0 Å². The van der Waals surface area contributed by atoms with Crippen LogP contribution in [0.4, 0.5) is 0 Å². The molecule has 0 fully saturated rings. The molecule has 0 atom stereocenters. The van der Waals surface area contributed by atoms with E-state index in [9.17, 15) is 0 Å². The van der Waals surface area contributed by atoms with E-state index >= 15 is 0 Å². The topological polar surface area (TPSA) is 158 Å². The van der Waals surface area contributed by atoms with Gasteiger partial charge >= 0.3 is 0 Å². The fourth-order valence-corrected chi connectivity index (χ4v) is 0. The van der Waals surface area contributed by atoms with Gasteiger partial charge in [-0.25, -0.2) is 0 Å². The van der Waals surface area contributed by atoms with Crippen LogP contribution in [0.15, 0.2) is 0 Å². The minimum Gasteiger partial charge on any atom is -0.412 e. The molecule has 0 aliphatic heterocycles. The van der Waals surface area contributed by atoms with Crippen LogP contribution in [0.25, 0.3) is 0 Å². The maximum atomic E-state index is 0. The molecule has 0 bridgehead atoms. The number of halogens is 1. The number of rotatable bonds is 0. The Morgan fingerprint density at radius 2 is 0.429 bits per heavy atom. The maximum Gasteiger partial charge on any atom is 0 e. The predicted molar refractivity (Wildman–Crippen MR) is 25.3 cm³/mol. The van der Waals surface area contributed by atoms with Crippen molar-refractivity contribution in [3.05, 3.63) is 0 Å². The second-order valence-corrected chi connectivity index (χ2v) is 0. The van der Waals surface area contributed by atoms with Crippen LogP contribution in [0.3, 0.4) is 0 Å². The Bertz CT molecular complexity index is 8.04. The summed E-state index contributed by atoms with van der Waals surface area (Å²) in [6.45, 7) is 0. The Balaban J connectivity index is 0. The Labute approximate surface area is 61.3 Å². The molecule has 0 radical (unpaired) electrons. The molecule has 0 unspecified atom stereocenters. The molecule has 7 heteroatoms. The van der Waals surface area contributed by atoms with Gasteiger partial charge in [0.1, 0.15) is 0 Å². The van der Waals surface area contributed by atoms with Crippen LogP contribution in [0.5, 0.6) is 0 Å². The summed E-state index contributed by atoms with van der Waals surface area (Å²) in [6, 6.07) is 0. The SMILES string of the molecule is Cl.O.O.O.O.O.[Pt]. The molecule has 7 heavy (non-hydrogen) atoms. The second kappa shape index (κ2) is 374. The average Bonchev–Trinajstić information content (AvgIpc) is 0. The number of hydrogen-bond donors (Lipinski definition) is 0. The molecular formula is H11ClO5Pt. The van der Waals surface area contributed by atoms with E-state index in [4.69, 9.17) is 0 Å². The van der Waals surface area contributed by atoms with Gasteiger partial charge in [0.05, 0.1) is 0 Å². The molecule has 0 aliphatic carbocycles. The monoisotopic (exact) mass is 321 g/mol. The van der Waals surface area contributed by atoms with Crippen LogP contribution in [0.2, 0.25) is 0 Å². The molecule has 0 amide bonds. The Morgan fingerprint density at radius 1 is 0.429 bits per heavy atom. The van der Waals surface area contributed by atoms with Crippen molar-refractivity contribution in [3.8, 4) is 0 Å². The summed E-state index contributed by atoms with van der Waals surface area (Å²) in [6.07, 6.45) is 0. The van der Waals surface area contributed by atoms with Crippen LogP contribution >= 0.6 is 12.4 Å². The molecule has 0 spiro atoms. The molecule has 0 saturated carbocycles. The summed E-state index contributed by atoms with van der Waals surface area (Å²) in [5.41, 5.74) is 0. The Kier molecular flexibility index (Phi) is 31500. The third kappa shape index (κ3) is 255. The minimum atomic E-state index is 0. The molecular weight excluding hydrogens is 311 g/mol. The zero-order chi connectivity index (χ0) is 0. The molecule has 58 valence electrons. The van der Waals surface area contributed by atoms with E-state index in [2.05, 4.69) is 0 Å². The first kappa shape index (κ1) is 590. The van der Waals surface area contributed by atoms with Gasteiger partial charge in [0.15, 0.2) is 0 Å². The Hall–Kier alpha value is 0.778. The summed E-state index contributed by atoms with van der Waals surface area (Å²) in [5.74, 6) is 0. The molecule has 0 aromatic heterocycles. The van der Waals surface area contributed by atoms with Gasteiger partial charge in [0.25, 0.3) is 0 Å². The van der Waals surface area contributed by atoms with Gasteiger partial charge in [-0.05, 0) is 0 Å². The van der Waals surface area contributed by atoms with Crippen LogP contribution < -0.4 is 0 Å². The van der Waals surface area contributed by atoms with Gasteiger partial charge in [-0.1, -0.05) is 0 Å². The zero-order valence-electron chi connectivity index (χ0n) is 3.22. The largest absolute Gasteiger partial charge is 0.412 e. The van der Waals surface area contributed by atoms with Crippen molar-refractivity contribution in [2.45, 2.75) is 0 Å². The first-order valence-electron chi connectivity index (χ1n) is 0. The summed E-state index contributed by atoms with van der Waals surface area (Å²) < 4.78 is 0. The van der Waals surface area contributed by atoms with E-state index in [-0.39, 0.29) is 60.9 Å². The average molecular weight is 322 g/mol. The summed E-state index contributed by atoms with van der Waals surface area (Å²) >= 11 is 0. The molecule has 0 aromatic rings. The van der Waals surface area contributed by atoms with E-state index in [1.54, 1.807) is 0 Å². The predicted octanol–water partition coefficient (Wildman–Crippen LogP) is -3.70. The Morgan fingerprint density at radius 3 is 0.429 bits per heavy atom. The summed E-state index contributed by atoms with van der Waals surface area (Å²) in [5, 5.41) is 0. The van der Waals surface area contributed by atoms with Crippen LogP contribution in [0, 0.1) is 0 Å². The molecule has 0 rings (SSSR count). The first-order chi connectivity index (χ1) is 0. The van der Waals surface area contributed by atoms with Crippen LogP contribution in [-0.4, -0.2) is 27.4 Å². The molecule has 5 nitrogen and oxygen atoms in total. The molecule has 0 heterocycles. The normalized spacial score (nSPS) is 0.